The number of alkyl halides is 1. The Morgan fingerprint density at radius 1 is 1.23 bits per heavy atom. The van der Waals surface area contributed by atoms with Crippen molar-refractivity contribution in [1.82, 2.24) is 24.1 Å². The molecule has 3 aromatic heterocycles. The number of benzene rings is 1. The lowest BCUT2D eigenvalue weighted by Gasteiger charge is -2.13. The Kier molecular flexibility index (Phi) is 5.55. The second kappa shape index (κ2) is 8.31. The zero-order valence-electron chi connectivity index (χ0n) is 16.5. The lowest BCUT2D eigenvalue weighted by molar-refractivity contribution is 0.360. The van der Waals surface area contributed by atoms with Crippen LogP contribution in [0.2, 0.25) is 5.02 Å². The van der Waals surface area contributed by atoms with E-state index in [-0.39, 0.29) is 23.5 Å². The van der Waals surface area contributed by atoms with Gasteiger partial charge in [-0.05, 0) is 32.0 Å². The van der Waals surface area contributed by atoms with Gasteiger partial charge in [-0.15, -0.1) is 0 Å². The van der Waals surface area contributed by atoms with Gasteiger partial charge in [0.05, 0.1) is 23.8 Å². The standard InChI is InChI=1S/C20H17ClF2N6O2/c1-11(22)17-9-31-20(30)29(17)18-5-6-24-19(27-18)26-12(2)15-8-28(10-25-15)16-4-3-13(21)7-14(16)23/h3-12H,1-2H3,(H,24,26,27)/t11-,12-/m0/s1. The summed E-state index contributed by atoms with van der Waals surface area (Å²) in [5.74, 6) is -0.864. The van der Waals surface area contributed by atoms with Gasteiger partial charge in [0.25, 0.3) is 0 Å². The van der Waals surface area contributed by atoms with Crippen molar-refractivity contribution in [2.24, 2.45) is 0 Å². The maximum Gasteiger partial charge on any atom is 0.425 e. The molecule has 4 rings (SSSR count). The molecule has 0 saturated heterocycles. The van der Waals surface area contributed by atoms with Gasteiger partial charge < -0.3 is 14.3 Å². The predicted molar refractivity (Wildman–Crippen MR) is 110 cm³/mol. The highest BCUT2D eigenvalue weighted by Crippen LogP contribution is 2.22. The van der Waals surface area contributed by atoms with E-state index in [1.165, 1.54) is 36.1 Å². The van der Waals surface area contributed by atoms with Gasteiger partial charge >= 0.3 is 5.76 Å². The largest absolute Gasteiger partial charge is 0.425 e. The van der Waals surface area contributed by atoms with Crippen LogP contribution in [0.25, 0.3) is 11.5 Å². The first-order valence-corrected chi connectivity index (χ1v) is 9.65. The summed E-state index contributed by atoms with van der Waals surface area (Å²) in [7, 11) is 0. The molecular weight excluding hydrogens is 430 g/mol. The van der Waals surface area contributed by atoms with Gasteiger partial charge in [-0.3, -0.25) is 0 Å². The Hall–Kier alpha value is -3.53. The maximum atomic E-state index is 14.2. The third kappa shape index (κ3) is 4.19. The minimum absolute atomic E-state index is 0.0476. The average Bonchev–Trinajstić information content (AvgIpc) is 3.35. The number of oxazole rings is 1. The first-order valence-electron chi connectivity index (χ1n) is 9.27. The molecule has 31 heavy (non-hydrogen) atoms. The van der Waals surface area contributed by atoms with Gasteiger partial charge in [0, 0.05) is 23.5 Å². The SMILES string of the molecule is C[C@H](F)c1coc(=O)n1-c1ccnc(N[C@@H](C)c2cn(-c3ccc(Cl)cc3F)cn2)n1. The van der Waals surface area contributed by atoms with Crippen molar-refractivity contribution in [3.63, 3.8) is 0 Å². The monoisotopic (exact) mass is 446 g/mol. The van der Waals surface area contributed by atoms with Crippen LogP contribution in [0.4, 0.5) is 14.7 Å². The molecule has 1 N–H and O–H groups in total. The van der Waals surface area contributed by atoms with Gasteiger partial charge in [-0.1, -0.05) is 11.6 Å². The summed E-state index contributed by atoms with van der Waals surface area (Å²) in [6.45, 7) is 3.11. The summed E-state index contributed by atoms with van der Waals surface area (Å²) in [6, 6.07) is 5.48. The molecule has 0 unspecified atom stereocenters. The van der Waals surface area contributed by atoms with E-state index < -0.39 is 17.7 Å². The molecule has 1 aromatic carbocycles. The van der Waals surface area contributed by atoms with Crippen LogP contribution in [0.5, 0.6) is 0 Å². The average molecular weight is 447 g/mol. The van der Waals surface area contributed by atoms with Crippen molar-refractivity contribution in [3.8, 4) is 11.5 Å². The molecule has 0 aliphatic rings. The predicted octanol–water partition coefficient (Wildman–Crippen LogP) is 4.40. The number of rotatable bonds is 6. The summed E-state index contributed by atoms with van der Waals surface area (Å²) >= 11 is 5.80. The molecule has 160 valence electrons. The highest BCUT2D eigenvalue weighted by atomic mass is 35.5. The number of aromatic nitrogens is 5. The minimum atomic E-state index is -1.42. The van der Waals surface area contributed by atoms with Crippen LogP contribution in [0.15, 0.2) is 58.5 Å². The van der Waals surface area contributed by atoms with E-state index in [1.807, 2.05) is 6.92 Å². The molecule has 0 spiro atoms. The lowest BCUT2D eigenvalue weighted by atomic mass is 10.2. The number of halogens is 3. The molecule has 3 heterocycles. The third-order valence-corrected chi connectivity index (χ3v) is 4.81. The Morgan fingerprint density at radius 3 is 2.77 bits per heavy atom. The quantitative estimate of drug-likeness (QED) is 0.472. The molecule has 4 aromatic rings. The summed E-state index contributed by atoms with van der Waals surface area (Å²) in [5, 5.41) is 3.37. The highest BCUT2D eigenvalue weighted by Gasteiger charge is 2.18. The van der Waals surface area contributed by atoms with Crippen LogP contribution in [-0.4, -0.2) is 24.1 Å². The van der Waals surface area contributed by atoms with Gasteiger partial charge in [0.1, 0.15) is 29.8 Å². The second-order valence-corrected chi connectivity index (χ2v) is 7.22. The van der Waals surface area contributed by atoms with Crippen LogP contribution >= 0.6 is 11.6 Å². The Morgan fingerprint density at radius 2 is 2.03 bits per heavy atom. The first-order chi connectivity index (χ1) is 14.8. The van der Waals surface area contributed by atoms with Crippen molar-refractivity contribution in [2.45, 2.75) is 26.1 Å². The Labute approximate surface area is 180 Å². The molecule has 0 aliphatic carbocycles. The van der Waals surface area contributed by atoms with Crippen molar-refractivity contribution < 1.29 is 13.2 Å². The molecule has 0 fully saturated rings. The van der Waals surface area contributed by atoms with Gasteiger partial charge in [0.15, 0.2) is 0 Å². The maximum absolute atomic E-state index is 14.2. The van der Waals surface area contributed by atoms with E-state index in [9.17, 15) is 13.6 Å². The summed E-state index contributed by atoms with van der Waals surface area (Å²) in [5.41, 5.74) is 0.953. The number of anilines is 1. The molecule has 2 atom stereocenters. The Bertz CT molecular complexity index is 1280. The van der Waals surface area contributed by atoms with E-state index in [4.69, 9.17) is 16.0 Å². The molecule has 0 amide bonds. The zero-order valence-corrected chi connectivity index (χ0v) is 17.2. The number of hydrogen-bond acceptors (Lipinski definition) is 6. The Balaban J connectivity index is 1.57. The zero-order chi connectivity index (χ0) is 22.1. The number of hydrogen-bond donors (Lipinski definition) is 1. The number of nitrogens with one attached hydrogen (secondary N) is 1. The lowest BCUT2D eigenvalue weighted by Crippen LogP contribution is -2.18. The van der Waals surface area contributed by atoms with E-state index in [1.54, 1.807) is 18.3 Å². The minimum Gasteiger partial charge on any atom is -0.416 e. The third-order valence-electron chi connectivity index (χ3n) is 4.58. The van der Waals surface area contributed by atoms with Crippen LogP contribution in [0, 0.1) is 5.82 Å². The van der Waals surface area contributed by atoms with Crippen molar-refractivity contribution >= 4 is 17.5 Å². The van der Waals surface area contributed by atoms with E-state index in [0.29, 0.717) is 16.4 Å². The van der Waals surface area contributed by atoms with Crippen LogP contribution in [0.3, 0.4) is 0 Å². The van der Waals surface area contributed by atoms with Crippen molar-refractivity contribution in [3.05, 3.63) is 82.0 Å². The van der Waals surface area contributed by atoms with Crippen LogP contribution in [0.1, 0.15) is 37.4 Å². The molecule has 0 aliphatic heterocycles. The van der Waals surface area contributed by atoms with Gasteiger partial charge in [-0.25, -0.2) is 28.1 Å². The number of nitrogens with zero attached hydrogens (tertiary/aromatic N) is 5. The van der Waals surface area contributed by atoms with Crippen LogP contribution < -0.4 is 11.1 Å². The molecule has 8 nitrogen and oxygen atoms in total. The first kappa shape index (κ1) is 20.7. The summed E-state index contributed by atoms with van der Waals surface area (Å²) < 4.78 is 35.3. The fourth-order valence-corrected chi connectivity index (χ4v) is 3.17. The smallest absolute Gasteiger partial charge is 0.416 e. The van der Waals surface area contributed by atoms with Gasteiger partial charge in [-0.2, -0.15) is 4.98 Å². The normalized spacial score (nSPS) is 13.2. The van der Waals surface area contributed by atoms with E-state index >= 15 is 0 Å². The molecule has 11 heteroatoms. The topological polar surface area (TPSA) is 90.8 Å². The van der Waals surface area contributed by atoms with Crippen LogP contribution in [-0.2, 0) is 0 Å². The fraction of sp³-hybridized carbons (Fsp3) is 0.200. The van der Waals surface area contributed by atoms with Crippen molar-refractivity contribution in [2.75, 3.05) is 5.32 Å². The van der Waals surface area contributed by atoms with E-state index in [2.05, 4.69) is 20.3 Å². The van der Waals surface area contributed by atoms with E-state index in [0.717, 1.165) is 10.8 Å². The molecular formula is C20H17ClF2N6O2. The molecule has 0 saturated carbocycles. The van der Waals surface area contributed by atoms with Gasteiger partial charge in [0.2, 0.25) is 5.95 Å². The fourth-order valence-electron chi connectivity index (χ4n) is 3.01. The molecule has 0 bridgehead atoms. The number of imidazole rings is 1. The summed E-state index contributed by atoms with van der Waals surface area (Å²) in [4.78, 5) is 24.7. The summed E-state index contributed by atoms with van der Waals surface area (Å²) in [6.07, 6.45) is 4.22. The van der Waals surface area contributed by atoms with Crippen molar-refractivity contribution in [1.29, 1.82) is 0 Å². The molecule has 0 radical (unpaired) electrons. The highest BCUT2D eigenvalue weighted by molar-refractivity contribution is 6.30. The second-order valence-electron chi connectivity index (χ2n) is 6.78.